The zero-order valence-corrected chi connectivity index (χ0v) is 30.0. The highest BCUT2D eigenvalue weighted by Crippen LogP contribution is 2.49. The molecular weight excluding hydrogens is 657 g/mol. The molecule has 0 bridgehead atoms. The predicted molar refractivity (Wildman–Crippen MR) is 225 cm³/mol. The van der Waals surface area contributed by atoms with Crippen molar-refractivity contribution >= 4 is 65.6 Å². The van der Waals surface area contributed by atoms with Gasteiger partial charge in [0.2, 0.25) is 0 Å². The van der Waals surface area contributed by atoms with Crippen LogP contribution in [0.3, 0.4) is 0 Å². The second kappa shape index (κ2) is 10.6. The lowest BCUT2D eigenvalue weighted by Gasteiger charge is -2.22. The molecule has 0 N–H and O–H groups in total. The number of benzene rings is 8. The van der Waals surface area contributed by atoms with Crippen molar-refractivity contribution in [3.8, 4) is 33.6 Å². The van der Waals surface area contributed by atoms with Gasteiger partial charge in [-0.2, -0.15) is 0 Å². The summed E-state index contributed by atoms with van der Waals surface area (Å²) in [6.07, 6.45) is 0. The topological polar surface area (TPSA) is 23.0 Å². The molecule has 0 atom stereocenters. The molecule has 11 aromatic rings. The van der Waals surface area contributed by atoms with Crippen LogP contribution in [-0.4, -0.2) is 9.13 Å². The summed E-state index contributed by atoms with van der Waals surface area (Å²) in [5.41, 5.74) is 16.7. The summed E-state index contributed by atoms with van der Waals surface area (Å²) >= 11 is 0. The van der Waals surface area contributed by atoms with Crippen molar-refractivity contribution in [1.29, 1.82) is 0 Å². The monoisotopic (exact) mass is 690 g/mol. The molecule has 0 saturated heterocycles. The van der Waals surface area contributed by atoms with Crippen molar-refractivity contribution in [2.45, 2.75) is 19.3 Å². The SMILES string of the molecule is CC1(C)c2ccccc2-c2ccc(-n3c4ccccc4c4cc(-c5ccc6c(c5)c5ccccc5n6-c5ccc6c(c5)oc5ccccc56)ccc43)cc21. The van der Waals surface area contributed by atoms with Gasteiger partial charge in [0.25, 0.3) is 0 Å². The minimum Gasteiger partial charge on any atom is -0.456 e. The van der Waals surface area contributed by atoms with Crippen molar-refractivity contribution in [3.05, 3.63) is 181 Å². The first-order valence-corrected chi connectivity index (χ1v) is 18.8. The van der Waals surface area contributed by atoms with E-state index in [0.29, 0.717) is 0 Å². The number of aromatic nitrogens is 2. The Morgan fingerprint density at radius 1 is 0.370 bits per heavy atom. The Kier molecular flexibility index (Phi) is 5.84. The van der Waals surface area contributed by atoms with E-state index in [9.17, 15) is 0 Å². The molecular formula is C51H34N2O. The van der Waals surface area contributed by atoms with E-state index in [-0.39, 0.29) is 5.41 Å². The molecule has 54 heavy (non-hydrogen) atoms. The van der Waals surface area contributed by atoms with Gasteiger partial charge in [0.15, 0.2) is 0 Å². The highest BCUT2D eigenvalue weighted by Gasteiger charge is 2.35. The summed E-state index contributed by atoms with van der Waals surface area (Å²) in [5.74, 6) is 0. The molecule has 0 radical (unpaired) electrons. The van der Waals surface area contributed by atoms with Crippen LogP contribution >= 0.6 is 0 Å². The van der Waals surface area contributed by atoms with Crippen LogP contribution in [-0.2, 0) is 5.41 Å². The first kappa shape index (κ1) is 29.7. The molecule has 0 spiro atoms. The molecule has 3 heteroatoms. The van der Waals surface area contributed by atoms with Crippen molar-refractivity contribution < 1.29 is 4.42 Å². The molecule has 0 saturated carbocycles. The molecule has 1 aliphatic carbocycles. The Bertz CT molecular complexity index is 3370. The lowest BCUT2D eigenvalue weighted by atomic mass is 9.82. The maximum absolute atomic E-state index is 6.31. The van der Waals surface area contributed by atoms with E-state index in [2.05, 4.69) is 181 Å². The minimum absolute atomic E-state index is 0.0597. The number of rotatable bonds is 3. The average Bonchev–Trinajstić information content (AvgIpc) is 3.92. The van der Waals surface area contributed by atoms with Gasteiger partial charge in [-0.1, -0.05) is 111 Å². The predicted octanol–water partition coefficient (Wildman–Crippen LogP) is 13.8. The molecule has 8 aromatic carbocycles. The van der Waals surface area contributed by atoms with E-state index in [4.69, 9.17) is 4.42 Å². The van der Waals surface area contributed by atoms with Crippen LogP contribution in [0, 0.1) is 0 Å². The molecule has 0 aliphatic heterocycles. The largest absolute Gasteiger partial charge is 0.456 e. The van der Waals surface area contributed by atoms with Crippen LogP contribution < -0.4 is 0 Å². The molecule has 254 valence electrons. The fraction of sp³-hybridized carbons (Fsp3) is 0.0588. The Balaban J connectivity index is 1.01. The number of nitrogens with zero attached hydrogens (tertiary/aromatic N) is 2. The van der Waals surface area contributed by atoms with Gasteiger partial charge in [0.1, 0.15) is 11.2 Å². The van der Waals surface area contributed by atoms with Crippen molar-refractivity contribution in [3.63, 3.8) is 0 Å². The molecule has 0 fully saturated rings. The molecule has 3 nitrogen and oxygen atoms in total. The second-order valence-corrected chi connectivity index (χ2v) is 15.3. The maximum Gasteiger partial charge on any atom is 0.137 e. The van der Waals surface area contributed by atoms with Crippen LogP contribution in [0.25, 0.3) is 99.2 Å². The third kappa shape index (κ3) is 3.96. The Morgan fingerprint density at radius 2 is 0.889 bits per heavy atom. The fourth-order valence-electron chi connectivity index (χ4n) is 9.55. The normalized spacial score (nSPS) is 13.5. The van der Waals surface area contributed by atoms with Crippen LogP contribution in [0.2, 0.25) is 0 Å². The number of para-hydroxylation sites is 3. The fourth-order valence-corrected chi connectivity index (χ4v) is 9.55. The van der Waals surface area contributed by atoms with E-state index >= 15 is 0 Å². The van der Waals surface area contributed by atoms with Crippen molar-refractivity contribution in [2.75, 3.05) is 0 Å². The van der Waals surface area contributed by atoms with Crippen LogP contribution in [0.5, 0.6) is 0 Å². The van der Waals surface area contributed by atoms with Gasteiger partial charge >= 0.3 is 0 Å². The first-order chi connectivity index (χ1) is 26.5. The molecule has 3 heterocycles. The highest BCUT2D eigenvalue weighted by atomic mass is 16.3. The van der Waals surface area contributed by atoms with Crippen molar-refractivity contribution in [1.82, 2.24) is 9.13 Å². The van der Waals surface area contributed by atoms with Crippen LogP contribution in [0.4, 0.5) is 0 Å². The Hall–Kier alpha value is -6.84. The Labute approximate surface area is 311 Å². The zero-order valence-electron chi connectivity index (χ0n) is 30.0. The standard InChI is InChI=1S/C51H34N2O/c1-51(2)43-15-7-3-11-35(43)36-23-21-33(29-44(36)51)52-45-16-8-4-12-37(45)41-27-31(19-25-47(41)52)32-20-26-48-42(28-32)38-13-5-9-17-46(38)53(48)34-22-24-40-39-14-6-10-18-49(39)54-50(40)30-34/h3-30H,1-2H3. The quantitative estimate of drug-likeness (QED) is 0.181. The van der Waals surface area contributed by atoms with Gasteiger partial charge in [-0.15, -0.1) is 0 Å². The van der Waals surface area contributed by atoms with Gasteiger partial charge in [-0.05, 0) is 100 Å². The highest BCUT2D eigenvalue weighted by molar-refractivity contribution is 6.13. The summed E-state index contributed by atoms with van der Waals surface area (Å²) in [6.45, 7) is 4.71. The van der Waals surface area contributed by atoms with Gasteiger partial charge in [0.05, 0.1) is 22.1 Å². The van der Waals surface area contributed by atoms with E-state index in [1.54, 1.807) is 0 Å². The van der Waals surface area contributed by atoms with Crippen molar-refractivity contribution in [2.24, 2.45) is 0 Å². The number of hydrogen-bond acceptors (Lipinski definition) is 1. The van der Waals surface area contributed by atoms with E-state index < -0.39 is 0 Å². The number of fused-ring (bicyclic) bond motifs is 12. The molecule has 0 unspecified atom stereocenters. The van der Waals surface area contributed by atoms with Gasteiger partial charge < -0.3 is 13.6 Å². The third-order valence-corrected chi connectivity index (χ3v) is 12.1. The Morgan fingerprint density at radius 3 is 1.59 bits per heavy atom. The second-order valence-electron chi connectivity index (χ2n) is 15.3. The third-order valence-electron chi connectivity index (χ3n) is 12.1. The first-order valence-electron chi connectivity index (χ1n) is 18.8. The van der Waals surface area contributed by atoms with E-state index in [1.165, 1.54) is 82.7 Å². The van der Waals surface area contributed by atoms with E-state index in [1.807, 2.05) is 12.1 Å². The smallest absolute Gasteiger partial charge is 0.137 e. The summed E-state index contributed by atoms with van der Waals surface area (Å²) in [7, 11) is 0. The van der Waals surface area contributed by atoms with E-state index in [0.717, 1.165) is 27.6 Å². The zero-order chi connectivity index (χ0) is 35.7. The summed E-state index contributed by atoms with van der Waals surface area (Å²) in [6, 6.07) is 62.3. The van der Waals surface area contributed by atoms with Crippen LogP contribution in [0.1, 0.15) is 25.0 Å². The minimum atomic E-state index is -0.0597. The summed E-state index contributed by atoms with van der Waals surface area (Å²) in [4.78, 5) is 0. The number of furan rings is 1. The lowest BCUT2D eigenvalue weighted by Crippen LogP contribution is -2.15. The van der Waals surface area contributed by atoms with Gasteiger partial charge in [-0.3, -0.25) is 0 Å². The maximum atomic E-state index is 6.31. The molecule has 1 aliphatic rings. The summed E-state index contributed by atoms with van der Waals surface area (Å²) < 4.78 is 11.1. The number of hydrogen-bond donors (Lipinski definition) is 0. The molecule has 3 aromatic heterocycles. The molecule has 0 amide bonds. The van der Waals surface area contributed by atoms with Gasteiger partial charge in [-0.25, -0.2) is 0 Å². The molecule has 12 rings (SSSR count). The summed E-state index contributed by atoms with van der Waals surface area (Å²) in [5, 5.41) is 7.27. The van der Waals surface area contributed by atoms with Crippen LogP contribution in [0.15, 0.2) is 174 Å². The lowest BCUT2D eigenvalue weighted by molar-refractivity contribution is 0.660. The van der Waals surface area contributed by atoms with Gasteiger partial charge in [0, 0.05) is 55.2 Å². The average molecular weight is 691 g/mol.